The van der Waals surface area contributed by atoms with Gasteiger partial charge in [0.25, 0.3) is 5.91 Å². The van der Waals surface area contributed by atoms with Gasteiger partial charge in [0.15, 0.2) is 0 Å². The zero-order valence-corrected chi connectivity index (χ0v) is 14.8. The van der Waals surface area contributed by atoms with Gasteiger partial charge in [0.2, 0.25) is 5.91 Å². The fourth-order valence-corrected chi connectivity index (χ4v) is 3.60. The molecule has 2 amide bonds. The van der Waals surface area contributed by atoms with E-state index in [4.69, 9.17) is 4.74 Å². The largest absolute Gasteiger partial charge is 0.492 e. The van der Waals surface area contributed by atoms with Gasteiger partial charge >= 0.3 is 0 Å². The molecule has 5 nitrogen and oxygen atoms in total. The quantitative estimate of drug-likeness (QED) is 0.808. The van der Waals surface area contributed by atoms with E-state index in [1.54, 1.807) is 0 Å². The Morgan fingerprint density at radius 1 is 1.12 bits per heavy atom. The maximum atomic E-state index is 12.3. The van der Waals surface area contributed by atoms with Gasteiger partial charge in [0.1, 0.15) is 12.4 Å². The molecule has 2 aromatic rings. The Hall–Kier alpha value is -2.34. The van der Waals surface area contributed by atoms with Crippen molar-refractivity contribution < 1.29 is 14.3 Å². The van der Waals surface area contributed by atoms with Crippen molar-refractivity contribution in [2.45, 2.75) is 12.8 Å². The van der Waals surface area contributed by atoms with Gasteiger partial charge in [-0.3, -0.25) is 9.59 Å². The van der Waals surface area contributed by atoms with Crippen LogP contribution in [0.4, 0.5) is 0 Å². The molecule has 1 aromatic heterocycles. The Bertz CT molecular complexity index is 680. The Balaban J connectivity index is 1.36. The van der Waals surface area contributed by atoms with Gasteiger partial charge in [0, 0.05) is 19.0 Å². The van der Waals surface area contributed by atoms with Gasteiger partial charge in [-0.05, 0) is 36.4 Å². The second kappa shape index (κ2) is 8.67. The molecule has 1 aliphatic heterocycles. The highest BCUT2D eigenvalue weighted by molar-refractivity contribution is 7.12. The third-order valence-electron chi connectivity index (χ3n) is 4.30. The van der Waals surface area contributed by atoms with Gasteiger partial charge in [-0.15, -0.1) is 11.3 Å². The summed E-state index contributed by atoms with van der Waals surface area (Å²) in [6.07, 6.45) is 1.42. The van der Waals surface area contributed by atoms with Crippen molar-refractivity contribution in [3.05, 3.63) is 52.7 Å². The second-order valence-corrected chi connectivity index (χ2v) is 6.94. The van der Waals surface area contributed by atoms with Crippen LogP contribution in [0.1, 0.15) is 22.5 Å². The molecule has 0 spiro atoms. The first kappa shape index (κ1) is 17.5. The first-order chi connectivity index (χ1) is 12.2. The molecule has 1 N–H and O–H groups in total. The van der Waals surface area contributed by atoms with Crippen LogP contribution in [-0.4, -0.2) is 43.0 Å². The van der Waals surface area contributed by atoms with E-state index in [0.29, 0.717) is 39.1 Å². The zero-order chi connectivity index (χ0) is 17.5. The van der Waals surface area contributed by atoms with Crippen molar-refractivity contribution in [3.63, 3.8) is 0 Å². The lowest BCUT2D eigenvalue weighted by atomic mass is 9.96. The van der Waals surface area contributed by atoms with Crippen molar-refractivity contribution in [2.75, 3.05) is 26.2 Å². The molecular formula is C19H22N2O3S. The molecule has 0 aliphatic carbocycles. The summed E-state index contributed by atoms with van der Waals surface area (Å²) in [5.41, 5.74) is 0. The summed E-state index contributed by atoms with van der Waals surface area (Å²) < 4.78 is 5.57. The molecule has 1 aliphatic rings. The minimum Gasteiger partial charge on any atom is -0.492 e. The summed E-state index contributed by atoms with van der Waals surface area (Å²) >= 11 is 1.46. The van der Waals surface area contributed by atoms with Gasteiger partial charge in [-0.25, -0.2) is 0 Å². The number of benzene rings is 1. The Kier molecular flexibility index (Phi) is 6.06. The highest BCUT2D eigenvalue weighted by Gasteiger charge is 2.27. The number of carbonyl (C=O) groups excluding carboxylic acids is 2. The maximum Gasteiger partial charge on any atom is 0.263 e. The topological polar surface area (TPSA) is 58.6 Å². The molecule has 0 radical (unpaired) electrons. The number of amides is 2. The third kappa shape index (κ3) is 4.82. The predicted molar refractivity (Wildman–Crippen MR) is 97.9 cm³/mol. The average molecular weight is 358 g/mol. The van der Waals surface area contributed by atoms with E-state index >= 15 is 0 Å². The molecular weight excluding hydrogens is 336 g/mol. The lowest BCUT2D eigenvalue weighted by Crippen LogP contribution is -2.43. The molecule has 2 heterocycles. The van der Waals surface area contributed by atoms with Crippen LogP contribution in [0.15, 0.2) is 47.8 Å². The van der Waals surface area contributed by atoms with Crippen molar-refractivity contribution in [1.29, 1.82) is 0 Å². The summed E-state index contributed by atoms with van der Waals surface area (Å²) in [5, 5.41) is 4.84. The van der Waals surface area contributed by atoms with Crippen LogP contribution in [0, 0.1) is 5.92 Å². The van der Waals surface area contributed by atoms with Crippen molar-refractivity contribution in [2.24, 2.45) is 5.92 Å². The first-order valence-corrected chi connectivity index (χ1v) is 9.40. The molecule has 0 bridgehead atoms. The molecule has 1 saturated heterocycles. The molecule has 6 heteroatoms. The minimum atomic E-state index is -0.0240. The lowest BCUT2D eigenvalue weighted by Gasteiger charge is -2.31. The Morgan fingerprint density at radius 2 is 1.88 bits per heavy atom. The number of hydrogen-bond acceptors (Lipinski definition) is 4. The highest BCUT2D eigenvalue weighted by Crippen LogP contribution is 2.20. The normalized spacial score (nSPS) is 15.0. The van der Waals surface area contributed by atoms with Crippen molar-refractivity contribution in [3.8, 4) is 5.75 Å². The van der Waals surface area contributed by atoms with Crippen molar-refractivity contribution in [1.82, 2.24) is 10.2 Å². The lowest BCUT2D eigenvalue weighted by molar-refractivity contribution is -0.126. The number of ether oxygens (including phenoxy) is 1. The van der Waals surface area contributed by atoms with Gasteiger partial charge < -0.3 is 15.0 Å². The number of carbonyl (C=O) groups is 2. The summed E-state index contributed by atoms with van der Waals surface area (Å²) in [7, 11) is 0. The summed E-state index contributed by atoms with van der Waals surface area (Å²) in [6.45, 7) is 2.21. The average Bonchev–Trinajstić information content (AvgIpc) is 3.20. The first-order valence-electron chi connectivity index (χ1n) is 8.52. The molecule has 3 rings (SSSR count). The van der Waals surface area contributed by atoms with Crippen LogP contribution in [0.2, 0.25) is 0 Å². The van der Waals surface area contributed by atoms with Crippen molar-refractivity contribution >= 4 is 23.2 Å². The molecule has 0 saturated carbocycles. The smallest absolute Gasteiger partial charge is 0.263 e. The van der Waals surface area contributed by atoms with Crippen LogP contribution >= 0.6 is 11.3 Å². The second-order valence-electron chi connectivity index (χ2n) is 6.00. The van der Waals surface area contributed by atoms with Crippen LogP contribution in [0.5, 0.6) is 5.75 Å². The maximum absolute atomic E-state index is 12.3. The molecule has 1 fully saturated rings. The van der Waals surface area contributed by atoms with Gasteiger partial charge in [-0.1, -0.05) is 24.3 Å². The number of hydrogen-bond donors (Lipinski definition) is 1. The SMILES string of the molecule is O=C(NCCOc1ccccc1)C1CCN(C(=O)c2cccs2)CC1. The molecule has 0 atom stereocenters. The Morgan fingerprint density at radius 3 is 2.56 bits per heavy atom. The van der Waals surface area contributed by atoms with E-state index in [-0.39, 0.29) is 17.7 Å². The van der Waals surface area contributed by atoms with E-state index in [9.17, 15) is 9.59 Å². The van der Waals surface area contributed by atoms with E-state index in [2.05, 4.69) is 5.32 Å². The van der Waals surface area contributed by atoms with Gasteiger partial charge in [-0.2, -0.15) is 0 Å². The number of nitrogens with one attached hydrogen (secondary N) is 1. The van der Waals surface area contributed by atoms with Crippen LogP contribution < -0.4 is 10.1 Å². The van der Waals surface area contributed by atoms with Crippen LogP contribution in [0.3, 0.4) is 0 Å². The number of likely N-dealkylation sites (tertiary alicyclic amines) is 1. The van der Waals surface area contributed by atoms with Crippen LogP contribution in [-0.2, 0) is 4.79 Å². The van der Waals surface area contributed by atoms with E-state index < -0.39 is 0 Å². The minimum absolute atomic E-state index is 0.0240. The standard InChI is InChI=1S/C19H22N2O3S/c22-18(20-10-13-24-16-5-2-1-3-6-16)15-8-11-21(12-9-15)19(23)17-7-4-14-25-17/h1-7,14-15H,8-13H2,(H,20,22). The number of thiophene rings is 1. The van der Waals surface area contributed by atoms with Gasteiger partial charge in [0.05, 0.1) is 11.4 Å². The molecule has 132 valence electrons. The number of nitrogens with zero attached hydrogens (tertiary/aromatic N) is 1. The summed E-state index contributed by atoms with van der Waals surface area (Å²) in [4.78, 5) is 27.2. The molecule has 1 aromatic carbocycles. The fraction of sp³-hybridized carbons (Fsp3) is 0.368. The number of rotatable bonds is 6. The van der Waals surface area contributed by atoms with E-state index in [0.717, 1.165) is 10.6 Å². The Labute approximate surface area is 151 Å². The molecule has 25 heavy (non-hydrogen) atoms. The summed E-state index contributed by atoms with van der Waals surface area (Å²) in [5.74, 6) is 0.909. The molecule has 0 unspecified atom stereocenters. The van der Waals surface area contributed by atoms with E-state index in [1.807, 2.05) is 52.7 Å². The van der Waals surface area contributed by atoms with E-state index in [1.165, 1.54) is 11.3 Å². The third-order valence-corrected chi connectivity index (χ3v) is 5.16. The zero-order valence-electron chi connectivity index (χ0n) is 14.0. The number of para-hydroxylation sites is 1. The summed E-state index contributed by atoms with van der Waals surface area (Å²) in [6, 6.07) is 13.3. The highest BCUT2D eigenvalue weighted by atomic mass is 32.1. The predicted octanol–water partition coefficient (Wildman–Crippen LogP) is 2.80. The fourth-order valence-electron chi connectivity index (χ4n) is 2.91. The monoisotopic (exact) mass is 358 g/mol. The van der Waals surface area contributed by atoms with Crippen LogP contribution in [0.25, 0.3) is 0 Å². The number of piperidine rings is 1.